The van der Waals surface area contributed by atoms with Gasteiger partial charge >= 0.3 is 0 Å². The summed E-state index contributed by atoms with van der Waals surface area (Å²) >= 11 is 0. The highest BCUT2D eigenvalue weighted by Gasteiger charge is 2.19. The highest BCUT2D eigenvalue weighted by Crippen LogP contribution is 2.21. The normalized spacial score (nSPS) is 11.7. The molecule has 0 saturated carbocycles. The zero-order chi connectivity index (χ0) is 11.6. The molecule has 6 heteroatoms. The lowest BCUT2D eigenvalue weighted by molar-refractivity contribution is 0.529. The van der Waals surface area contributed by atoms with E-state index < -0.39 is 26.4 Å². The summed E-state index contributed by atoms with van der Waals surface area (Å²) in [7, 11) is -3.67. The maximum Gasteiger partial charge on any atom is 0.178 e. The molecule has 3 nitrogen and oxygen atoms in total. The predicted octanol–water partition coefficient (Wildman–Crippen LogP) is 0.870. The van der Waals surface area contributed by atoms with Crippen molar-refractivity contribution in [1.82, 2.24) is 0 Å². The highest BCUT2D eigenvalue weighted by atomic mass is 32.2. The predicted molar refractivity (Wildman–Crippen MR) is 52.2 cm³/mol. The van der Waals surface area contributed by atoms with Crippen LogP contribution in [0.4, 0.5) is 8.78 Å². The second kappa shape index (κ2) is 4.24. The van der Waals surface area contributed by atoms with Crippen LogP contribution in [0.3, 0.4) is 0 Å². The number of halogens is 2. The molecule has 0 unspecified atom stereocenters. The standard InChI is InChI=1S/C9H11F2NO2S/c1-15(13,14)8-3-2-7(10)6(4-5-12)9(8)11/h2-3H,4-5,12H2,1H3. The summed E-state index contributed by atoms with van der Waals surface area (Å²) in [6.07, 6.45) is 0.844. The first-order valence-electron chi connectivity index (χ1n) is 4.25. The average molecular weight is 235 g/mol. The van der Waals surface area contributed by atoms with Gasteiger partial charge in [0, 0.05) is 11.8 Å². The number of sulfone groups is 1. The van der Waals surface area contributed by atoms with Gasteiger partial charge in [-0.2, -0.15) is 0 Å². The van der Waals surface area contributed by atoms with E-state index in [0.29, 0.717) is 0 Å². The Hall–Kier alpha value is -1.01. The SMILES string of the molecule is CS(=O)(=O)c1ccc(F)c(CCN)c1F. The lowest BCUT2D eigenvalue weighted by Crippen LogP contribution is -2.10. The Balaban J connectivity index is 3.42. The first kappa shape index (κ1) is 12.1. The zero-order valence-corrected chi connectivity index (χ0v) is 8.94. The summed E-state index contributed by atoms with van der Waals surface area (Å²) in [5, 5.41) is 0. The van der Waals surface area contributed by atoms with Crippen molar-refractivity contribution >= 4 is 9.84 Å². The van der Waals surface area contributed by atoms with Gasteiger partial charge in [0.25, 0.3) is 0 Å². The van der Waals surface area contributed by atoms with Gasteiger partial charge in [0.15, 0.2) is 9.84 Å². The fourth-order valence-corrected chi connectivity index (χ4v) is 2.00. The van der Waals surface area contributed by atoms with Crippen LogP contribution in [0.5, 0.6) is 0 Å². The van der Waals surface area contributed by atoms with Crippen molar-refractivity contribution in [3.63, 3.8) is 0 Å². The van der Waals surface area contributed by atoms with Gasteiger partial charge in [0.05, 0.1) is 0 Å². The number of nitrogens with two attached hydrogens (primary N) is 1. The molecular weight excluding hydrogens is 224 g/mol. The molecule has 15 heavy (non-hydrogen) atoms. The molecule has 1 aromatic rings. The van der Waals surface area contributed by atoms with Crippen LogP contribution in [0, 0.1) is 11.6 Å². The van der Waals surface area contributed by atoms with E-state index in [1.807, 2.05) is 0 Å². The molecule has 0 aliphatic carbocycles. The van der Waals surface area contributed by atoms with E-state index in [0.717, 1.165) is 18.4 Å². The van der Waals surface area contributed by atoms with Crippen LogP contribution < -0.4 is 5.73 Å². The quantitative estimate of drug-likeness (QED) is 0.791. The molecule has 0 saturated heterocycles. The minimum Gasteiger partial charge on any atom is -0.330 e. The molecule has 0 heterocycles. The average Bonchev–Trinajstić information content (AvgIpc) is 2.09. The van der Waals surface area contributed by atoms with E-state index in [2.05, 4.69) is 0 Å². The van der Waals surface area contributed by atoms with E-state index in [4.69, 9.17) is 5.73 Å². The van der Waals surface area contributed by atoms with E-state index in [-0.39, 0.29) is 18.5 Å². The van der Waals surface area contributed by atoms with Crippen molar-refractivity contribution in [3.05, 3.63) is 29.3 Å². The Bertz CT molecular complexity index is 471. The van der Waals surface area contributed by atoms with E-state index >= 15 is 0 Å². The van der Waals surface area contributed by atoms with Crippen molar-refractivity contribution in [1.29, 1.82) is 0 Å². The molecule has 0 spiro atoms. The Kier molecular flexibility index (Phi) is 3.41. The van der Waals surface area contributed by atoms with Gasteiger partial charge in [-0.05, 0) is 25.1 Å². The summed E-state index contributed by atoms with van der Waals surface area (Å²) in [5.41, 5.74) is 4.90. The van der Waals surface area contributed by atoms with Crippen molar-refractivity contribution < 1.29 is 17.2 Å². The maximum absolute atomic E-state index is 13.5. The molecule has 0 bridgehead atoms. The fraction of sp³-hybridized carbons (Fsp3) is 0.333. The van der Waals surface area contributed by atoms with Crippen molar-refractivity contribution in [3.8, 4) is 0 Å². The minimum atomic E-state index is -3.67. The van der Waals surface area contributed by atoms with Crippen LogP contribution in [0.15, 0.2) is 17.0 Å². The second-order valence-corrected chi connectivity index (χ2v) is 5.13. The zero-order valence-electron chi connectivity index (χ0n) is 8.13. The van der Waals surface area contributed by atoms with Crippen molar-refractivity contribution in [2.45, 2.75) is 11.3 Å². The number of benzene rings is 1. The molecule has 84 valence electrons. The summed E-state index contributed by atoms with van der Waals surface area (Å²) < 4.78 is 48.9. The van der Waals surface area contributed by atoms with E-state index in [1.54, 1.807) is 0 Å². The minimum absolute atomic E-state index is 0.0268. The molecule has 2 N–H and O–H groups in total. The van der Waals surface area contributed by atoms with Crippen LogP contribution in [0.1, 0.15) is 5.56 Å². The van der Waals surface area contributed by atoms with Gasteiger partial charge in [0.2, 0.25) is 0 Å². The topological polar surface area (TPSA) is 60.2 Å². The van der Waals surface area contributed by atoms with Gasteiger partial charge < -0.3 is 5.73 Å². The van der Waals surface area contributed by atoms with Crippen molar-refractivity contribution in [2.24, 2.45) is 5.73 Å². The second-order valence-electron chi connectivity index (χ2n) is 3.15. The first-order valence-corrected chi connectivity index (χ1v) is 6.14. The van der Waals surface area contributed by atoms with E-state index in [9.17, 15) is 17.2 Å². The third-order valence-electron chi connectivity index (χ3n) is 1.94. The smallest absolute Gasteiger partial charge is 0.178 e. The Morgan fingerprint density at radius 1 is 1.33 bits per heavy atom. The third-order valence-corrected chi connectivity index (χ3v) is 3.06. The van der Waals surface area contributed by atoms with Gasteiger partial charge in [-0.3, -0.25) is 0 Å². The molecule has 0 aromatic heterocycles. The lowest BCUT2D eigenvalue weighted by atomic mass is 10.1. The van der Waals surface area contributed by atoms with E-state index in [1.165, 1.54) is 0 Å². The van der Waals surface area contributed by atoms with Gasteiger partial charge in [-0.15, -0.1) is 0 Å². The Morgan fingerprint density at radius 2 is 1.93 bits per heavy atom. The molecule has 0 radical (unpaired) electrons. The van der Waals surface area contributed by atoms with Crippen LogP contribution >= 0.6 is 0 Å². The van der Waals surface area contributed by atoms with Gasteiger partial charge in [0.1, 0.15) is 16.5 Å². The van der Waals surface area contributed by atoms with Crippen LogP contribution in [-0.2, 0) is 16.3 Å². The maximum atomic E-state index is 13.5. The Morgan fingerprint density at radius 3 is 2.40 bits per heavy atom. The van der Waals surface area contributed by atoms with Crippen molar-refractivity contribution in [2.75, 3.05) is 12.8 Å². The molecule has 0 atom stereocenters. The summed E-state index contributed by atoms with van der Waals surface area (Å²) in [5.74, 6) is -1.81. The lowest BCUT2D eigenvalue weighted by Gasteiger charge is -2.07. The molecule has 0 aliphatic heterocycles. The first-order chi connectivity index (χ1) is 6.88. The summed E-state index contributed by atoms with van der Waals surface area (Å²) in [4.78, 5) is -0.493. The van der Waals surface area contributed by atoms with Gasteiger partial charge in [-0.25, -0.2) is 17.2 Å². The molecule has 1 aromatic carbocycles. The summed E-state index contributed by atoms with van der Waals surface area (Å²) in [6, 6.07) is 1.85. The molecule has 0 fully saturated rings. The molecule has 0 amide bonds. The molecular formula is C9H11F2NO2S. The summed E-state index contributed by atoms with van der Waals surface area (Å²) in [6.45, 7) is 0.0566. The monoisotopic (exact) mass is 235 g/mol. The molecule has 1 rings (SSSR count). The third kappa shape index (κ3) is 2.51. The number of hydrogen-bond acceptors (Lipinski definition) is 3. The fourth-order valence-electron chi connectivity index (χ4n) is 1.24. The van der Waals surface area contributed by atoms with Crippen LogP contribution in [-0.4, -0.2) is 21.2 Å². The molecule has 0 aliphatic rings. The largest absolute Gasteiger partial charge is 0.330 e. The Labute approximate surface area is 86.8 Å². The van der Waals surface area contributed by atoms with Crippen LogP contribution in [0.2, 0.25) is 0 Å². The number of rotatable bonds is 3. The van der Waals surface area contributed by atoms with Crippen LogP contribution in [0.25, 0.3) is 0 Å². The number of hydrogen-bond donors (Lipinski definition) is 1. The highest BCUT2D eigenvalue weighted by molar-refractivity contribution is 7.90. The van der Waals surface area contributed by atoms with Gasteiger partial charge in [-0.1, -0.05) is 0 Å².